The van der Waals surface area contributed by atoms with Crippen molar-refractivity contribution in [2.24, 2.45) is 11.5 Å². The first-order valence-electron chi connectivity index (χ1n) is 7.19. The van der Waals surface area contributed by atoms with Crippen molar-refractivity contribution in [2.45, 2.75) is 19.0 Å². The van der Waals surface area contributed by atoms with E-state index < -0.39 is 34.9 Å². The molecule has 25 heavy (non-hydrogen) atoms. The zero-order valence-electron chi connectivity index (χ0n) is 13.0. The molecule has 0 radical (unpaired) electrons. The summed E-state index contributed by atoms with van der Waals surface area (Å²) in [6.45, 7) is 0.0297. The van der Waals surface area contributed by atoms with Gasteiger partial charge in [-0.25, -0.2) is 4.79 Å². The van der Waals surface area contributed by atoms with E-state index in [4.69, 9.17) is 11.5 Å². The molecular formula is C15H16FN5O4. The molecule has 2 amide bonds. The summed E-state index contributed by atoms with van der Waals surface area (Å²) in [4.78, 5) is 47.0. The molecule has 1 atom stereocenters. The number of aromatic amines is 1. The number of nitrogens with one attached hydrogen (secondary N) is 2. The highest BCUT2D eigenvalue weighted by Crippen LogP contribution is 2.11. The van der Waals surface area contributed by atoms with Gasteiger partial charge >= 0.3 is 5.69 Å². The number of rotatable bonds is 6. The van der Waals surface area contributed by atoms with Gasteiger partial charge in [-0.3, -0.25) is 23.9 Å². The van der Waals surface area contributed by atoms with Crippen LogP contribution in [0.2, 0.25) is 0 Å². The van der Waals surface area contributed by atoms with Crippen molar-refractivity contribution in [3.63, 3.8) is 0 Å². The Morgan fingerprint density at radius 2 is 1.88 bits per heavy atom. The molecule has 0 bridgehead atoms. The van der Waals surface area contributed by atoms with Crippen molar-refractivity contribution >= 4 is 17.5 Å². The molecule has 0 aliphatic rings. The largest absolute Gasteiger partial charge is 0.370 e. The molecule has 2 rings (SSSR count). The van der Waals surface area contributed by atoms with Crippen LogP contribution in [0.1, 0.15) is 12.0 Å². The van der Waals surface area contributed by atoms with Gasteiger partial charge in [-0.2, -0.15) is 4.39 Å². The van der Waals surface area contributed by atoms with E-state index in [-0.39, 0.29) is 13.0 Å². The smallest absolute Gasteiger partial charge is 0.328 e. The van der Waals surface area contributed by atoms with Crippen molar-refractivity contribution in [3.8, 4) is 0 Å². The predicted octanol–water partition coefficient (Wildman–Crippen LogP) is -1.13. The fourth-order valence-corrected chi connectivity index (χ4v) is 2.03. The maximum absolute atomic E-state index is 13.2. The lowest BCUT2D eigenvalue weighted by molar-refractivity contribution is -0.123. The van der Waals surface area contributed by atoms with E-state index in [1.165, 1.54) is 0 Å². The summed E-state index contributed by atoms with van der Waals surface area (Å²) in [5.41, 5.74) is 9.74. The zero-order chi connectivity index (χ0) is 18.6. The van der Waals surface area contributed by atoms with Crippen molar-refractivity contribution in [2.75, 3.05) is 5.32 Å². The van der Waals surface area contributed by atoms with Crippen LogP contribution in [-0.2, 0) is 16.1 Å². The maximum atomic E-state index is 13.2. The number of anilines is 1. The Morgan fingerprint density at radius 1 is 1.24 bits per heavy atom. The van der Waals surface area contributed by atoms with Gasteiger partial charge in [0.2, 0.25) is 17.6 Å². The standard InChI is InChI=1S/C15H16FN5O4/c16-10-7-21(15(25)20-13(10)23)6-8-1-3-9(4-2-8)19-14(24)11(17)5-12(18)22/h1-4,7,11H,5-6,17H2,(H2,18,22)(H,19,24)(H,20,23,25)/t11-/m1/s1. The van der Waals surface area contributed by atoms with Crippen LogP contribution in [0.3, 0.4) is 0 Å². The number of benzene rings is 1. The first-order chi connectivity index (χ1) is 11.8. The third-order valence-corrected chi connectivity index (χ3v) is 3.30. The second-order valence-electron chi connectivity index (χ2n) is 5.33. The number of carbonyl (C=O) groups is 2. The fourth-order valence-electron chi connectivity index (χ4n) is 2.03. The van der Waals surface area contributed by atoms with Gasteiger partial charge in [-0.05, 0) is 17.7 Å². The molecule has 10 heteroatoms. The van der Waals surface area contributed by atoms with Crippen LogP contribution in [0.4, 0.5) is 10.1 Å². The number of nitrogens with two attached hydrogens (primary N) is 2. The lowest BCUT2D eigenvalue weighted by Gasteiger charge is -2.11. The summed E-state index contributed by atoms with van der Waals surface area (Å²) in [5, 5.41) is 2.52. The summed E-state index contributed by atoms with van der Waals surface area (Å²) >= 11 is 0. The molecule has 1 heterocycles. The number of nitrogens with zero attached hydrogens (tertiary/aromatic N) is 1. The molecule has 2 aromatic rings. The number of amides is 2. The number of carbonyl (C=O) groups excluding carboxylic acids is 2. The van der Waals surface area contributed by atoms with Gasteiger partial charge in [-0.1, -0.05) is 12.1 Å². The lowest BCUT2D eigenvalue weighted by atomic mass is 10.1. The summed E-state index contributed by atoms with van der Waals surface area (Å²) in [6, 6.07) is 5.25. The number of hydrogen-bond donors (Lipinski definition) is 4. The Bertz CT molecular complexity index is 903. The molecule has 0 unspecified atom stereocenters. The molecule has 132 valence electrons. The molecule has 0 fully saturated rings. The molecule has 0 aliphatic carbocycles. The summed E-state index contributed by atoms with van der Waals surface area (Å²) in [6.07, 6.45) is 0.546. The normalized spacial score (nSPS) is 11.8. The van der Waals surface area contributed by atoms with Crippen molar-refractivity contribution < 1.29 is 14.0 Å². The molecule has 0 saturated carbocycles. The lowest BCUT2D eigenvalue weighted by Crippen LogP contribution is -2.38. The monoisotopic (exact) mass is 349 g/mol. The second-order valence-corrected chi connectivity index (χ2v) is 5.33. The average Bonchev–Trinajstić information content (AvgIpc) is 2.53. The van der Waals surface area contributed by atoms with Gasteiger partial charge in [0.25, 0.3) is 5.56 Å². The van der Waals surface area contributed by atoms with Crippen molar-refractivity contribution in [3.05, 3.63) is 62.7 Å². The van der Waals surface area contributed by atoms with Gasteiger partial charge in [0.1, 0.15) is 0 Å². The van der Waals surface area contributed by atoms with E-state index >= 15 is 0 Å². The topological polar surface area (TPSA) is 153 Å². The Labute approximate surface area is 140 Å². The SMILES string of the molecule is NC(=O)C[C@@H](N)C(=O)Nc1ccc(Cn2cc(F)c(=O)[nH]c2=O)cc1. The number of aromatic nitrogens is 2. The molecule has 1 aromatic heterocycles. The minimum absolute atomic E-state index is 0.0297. The first-order valence-corrected chi connectivity index (χ1v) is 7.19. The third-order valence-electron chi connectivity index (χ3n) is 3.30. The van der Waals surface area contributed by atoms with Crippen LogP contribution >= 0.6 is 0 Å². The summed E-state index contributed by atoms with van der Waals surface area (Å²) in [7, 11) is 0. The van der Waals surface area contributed by atoms with Crippen LogP contribution in [-0.4, -0.2) is 27.4 Å². The molecule has 6 N–H and O–H groups in total. The van der Waals surface area contributed by atoms with Crippen LogP contribution in [0.5, 0.6) is 0 Å². The number of H-pyrrole nitrogens is 1. The minimum atomic E-state index is -1.08. The van der Waals surface area contributed by atoms with E-state index in [1.807, 2.05) is 4.98 Å². The second kappa shape index (κ2) is 7.53. The molecular weight excluding hydrogens is 333 g/mol. The number of primary amides is 1. The van der Waals surface area contributed by atoms with Crippen LogP contribution in [0, 0.1) is 5.82 Å². The fraction of sp³-hybridized carbons (Fsp3) is 0.200. The maximum Gasteiger partial charge on any atom is 0.328 e. The van der Waals surface area contributed by atoms with Crippen LogP contribution < -0.4 is 28.0 Å². The average molecular weight is 349 g/mol. The Morgan fingerprint density at radius 3 is 2.48 bits per heavy atom. The quantitative estimate of drug-likeness (QED) is 0.519. The predicted molar refractivity (Wildman–Crippen MR) is 87.2 cm³/mol. The van der Waals surface area contributed by atoms with E-state index in [0.29, 0.717) is 11.3 Å². The summed E-state index contributed by atoms with van der Waals surface area (Å²) < 4.78 is 14.2. The number of halogens is 1. The Kier molecular flexibility index (Phi) is 5.45. The third kappa shape index (κ3) is 4.85. The molecule has 0 aliphatic heterocycles. The molecule has 1 aromatic carbocycles. The molecule has 0 saturated heterocycles. The number of hydrogen-bond acceptors (Lipinski definition) is 5. The van der Waals surface area contributed by atoms with E-state index in [9.17, 15) is 23.6 Å². The van der Waals surface area contributed by atoms with Gasteiger partial charge in [0.05, 0.1) is 25.2 Å². The zero-order valence-corrected chi connectivity index (χ0v) is 13.0. The van der Waals surface area contributed by atoms with E-state index in [2.05, 4.69) is 5.32 Å². The van der Waals surface area contributed by atoms with Gasteiger partial charge in [0.15, 0.2) is 0 Å². The van der Waals surface area contributed by atoms with Crippen LogP contribution in [0.15, 0.2) is 40.1 Å². The minimum Gasteiger partial charge on any atom is -0.370 e. The van der Waals surface area contributed by atoms with Gasteiger partial charge in [0, 0.05) is 5.69 Å². The Balaban J connectivity index is 2.06. The van der Waals surface area contributed by atoms with Crippen molar-refractivity contribution in [1.29, 1.82) is 0 Å². The highest BCUT2D eigenvalue weighted by atomic mass is 19.1. The molecule has 0 spiro atoms. The van der Waals surface area contributed by atoms with Crippen molar-refractivity contribution in [1.82, 2.24) is 9.55 Å². The first kappa shape index (κ1) is 18.1. The van der Waals surface area contributed by atoms with E-state index in [1.54, 1.807) is 24.3 Å². The van der Waals surface area contributed by atoms with E-state index in [0.717, 1.165) is 10.8 Å². The highest BCUT2D eigenvalue weighted by Gasteiger charge is 2.16. The Hall–Kier alpha value is -3.27. The highest BCUT2D eigenvalue weighted by molar-refractivity contribution is 5.97. The summed E-state index contributed by atoms with van der Waals surface area (Å²) in [5.74, 6) is -2.31. The van der Waals surface area contributed by atoms with Gasteiger partial charge < -0.3 is 16.8 Å². The van der Waals surface area contributed by atoms with Gasteiger partial charge in [-0.15, -0.1) is 0 Å². The molecule has 9 nitrogen and oxygen atoms in total. The van der Waals surface area contributed by atoms with Crippen LogP contribution in [0.25, 0.3) is 0 Å².